The number of ketones is 1. The third-order valence-electron chi connectivity index (χ3n) is 11.2. The van der Waals surface area contributed by atoms with Crippen molar-refractivity contribution in [2.24, 2.45) is 34.5 Å². The summed E-state index contributed by atoms with van der Waals surface area (Å²) in [5, 5.41) is 11.4. The van der Waals surface area contributed by atoms with Gasteiger partial charge < -0.3 is 30.9 Å². The maximum absolute atomic E-state index is 14.6. The maximum Gasteiger partial charge on any atom is 0.329 e. The first kappa shape index (κ1) is 39.6. The van der Waals surface area contributed by atoms with Gasteiger partial charge in [-0.1, -0.05) is 73.6 Å². The fourth-order valence-corrected chi connectivity index (χ4v) is 7.88. The van der Waals surface area contributed by atoms with E-state index in [9.17, 15) is 28.8 Å². The van der Waals surface area contributed by atoms with E-state index in [-0.39, 0.29) is 29.1 Å². The average Bonchev–Trinajstić information content (AvgIpc) is 3.89. The highest BCUT2D eigenvalue weighted by Crippen LogP contribution is 2.65. The van der Waals surface area contributed by atoms with Crippen LogP contribution in [0.1, 0.15) is 127 Å². The molecule has 4 fully saturated rings. The number of hydrogen-bond acceptors (Lipinski definition) is 7. The number of urea groups is 1. The molecule has 0 aromatic heterocycles. The molecule has 12 heteroatoms. The number of rotatable bonds is 14. The second-order valence-electron chi connectivity index (χ2n) is 17.9. The molecule has 5 amide bonds. The van der Waals surface area contributed by atoms with E-state index in [2.05, 4.69) is 35.1 Å². The van der Waals surface area contributed by atoms with Crippen molar-refractivity contribution in [1.29, 1.82) is 0 Å². The van der Waals surface area contributed by atoms with E-state index in [0.29, 0.717) is 31.8 Å². The highest BCUT2D eigenvalue weighted by atomic mass is 16.6. The van der Waals surface area contributed by atoms with E-state index in [1.807, 2.05) is 27.7 Å². The van der Waals surface area contributed by atoms with Crippen molar-refractivity contribution < 1.29 is 33.5 Å². The van der Waals surface area contributed by atoms with E-state index in [1.165, 1.54) is 0 Å². The number of hydrogen-bond donors (Lipinski definition) is 4. The average molecular weight is 702 g/mol. The summed E-state index contributed by atoms with van der Waals surface area (Å²) in [6.07, 6.45) is 8.23. The number of unbranched alkanes of at least 4 members (excludes halogenated alkanes) is 1. The van der Waals surface area contributed by atoms with Crippen LogP contribution in [-0.4, -0.2) is 83.3 Å². The van der Waals surface area contributed by atoms with Gasteiger partial charge in [-0.25, -0.2) is 9.59 Å². The van der Waals surface area contributed by atoms with Gasteiger partial charge in [-0.15, -0.1) is 0 Å². The molecule has 1 unspecified atom stereocenters. The maximum atomic E-state index is 14.6. The zero-order valence-corrected chi connectivity index (χ0v) is 31.9. The van der Waals surface area contributed by atoms with Crippen molar-refractivity contribution >= 4 is 35.5 Å². The minimum absolute atomic E-state index is 0.0899. The molecule has 282 valence electrons. The molecule has 0 spiro atoms. The lowest BCUT2D eigenvalue weighted by molar-refractivity contribution is -0.160. The molecular weight excluding hydrogens is 638 g/mol. The van der Waals surface area contributed by atoms with Crippen molar-refractivity contribution in [2.45, 2.75) is 156 Å². The van der Waals surface area contributed by atoms with Crippen molar-refractivity contribution in [3.63, 3.8) is 0 Å². The Hall–Kier alpha value is -3.18. The number of esters is 1. The Morgan fingerprint density at radius 3 is 2.08 bits per heavy atom. The first-order chi connectivity index (χ1) is 23.3. The summed E-state index contributed by atoms with van der Waals surface area (Å²) >= 11 is 0. The van der Waals surface area contributed by atoms with Gasteiger partial charge >= 0.3 is 12.0 Å². The predicted molar refractivity (Wildman–Crippen MR) is 190 cm³/mol. The van der Waals surface area contributed by atoms with Crippen molar-refractivity contribution in [3.8, 4) is 0 Å². The molecular formula is C38H63N5O7. The van der Waals surface area contributed by atoms with Gasteiger partial charge in [0.05, 0.1) is 6.04 Å². The molecule has 6 atom stereocenters. The number of amides is 5. The summed E-state index contributed by atoms with van der Waals surface area (Å²) in [5.41, 5.74) is -1.60. The van der Waals surface area contributed by atoms with Crippen LogP contribution in [-0.2, 0) is 28.7 Å². The van der Waals surface area contributed by atoms with Gasteiger partial charge in [0.1, 0.15) is 23.7 Å². The van der Waals surface area contributed by atoms with Gasteiger partial charge in [-0.05, 0) is 87.4 Å². The fraction of sp³-hybridized carbons (Fsp3) is 0.842. The number of Topliss-reactive ketones (excluding diaryl/α,β-unsaturated/α-hetero) is 1. The molecule has 4 rings (SSSR count). The van der Waals surface area contributed by atoms with Gasteiger partial charge in [0.25, 0.3) is 5.91 Å². The highest BCUT2D eigenvalue weighted by molar-refractivity contribution is 6.38. The Labute approximate surface area is 298 Å². The van der Waals surface area contributed by atoms with Crippen molar-refractivity contribution in [1.82, 2.24) is 26.2 Å². The molecule has 4 N–H and O–H groups in total. The largest absolute Gasteiger partial charge is 0.458 e. The Kier molecular flexibility index (Phi) is 12.4. The zero-order valence-electron chi connectivity index (χ0n) is 31.9. The van der Waals surface area contributed by atoms with Crippen molar-refractivity contribution in [2.75, 3.05) is 13.1 Å². The summed E-state index contributed by atoms with van der Waals surface area (Å²) in [6.45, 7) is 17.8. The molecule has 0 aromatic carbocycles. The Morgan fingerprint density at radius 2 is 1.52 bits per heavy atom. The van der Waals surface area contributed by atoms with Crippen LogP contribution in [0.2, 0.25) is 0 Å². The lowest BCUT2D eigenvalue weighted by atomic mass is 9.83. The van der Waals surface area contributed by atoms with E-state index in [4.69, 9.17) is 4.74 Å². The third-order valence-corrected chi connectivity index (χ3v) is 11.2. The first-order valence-electron chi connectivity index (χ1n) is 19.0. The van der Waals surface area contributed by atoms with Gasteiger partial charge in [-0.3, -0.25) is 19.2 Å². The number of carbonyl (C=O) groups excluding carboxylic acids is 6. The minimum Gasteiger partial charge on any atom is -0.458 e. The van der Waals surface area contributed by atoms with E-state index >= 15 is 0 Å². The number of carbonyl (C=O) groups is 6. The van der Waals surface area contributed by atoms with Crippen LogP contribution in [0.5, 0.6) is 0 Å². The Morgan fingerprint density at radius 1 is 0.880 bits per heavy atom. The smallest absolute Gasteiger partial charge is 0.329 e. The van der Waals surface area contributed by atoms with Crippen LogP contribution in [0.15, 0.2) is 0 Å². The molecule has 3 saturated carbocycles. The van der Waals surface area contributed by atoms with Crippen LogP contribution < -0.4 is 21.3 Å². The number of fused-ring (bicyclic) bond motifs is 1. The Bertz CT molecular complexity index is 1290. The van der Waals surface area contributed by atoms with Crippen LogP contribution >= 0.6 is 0 Å². The topological polar surface area (TPSA) is 163 Å². The second-order valence-corrected chi connectivity index (χ2v) is 17.9. The number of likely N-dealkylation sites (tertiary alicyclic amines) is 1. The highest BCUT2D eigenvalue weighted by Gasteiger charge is 2.69. The number of piperidine rings is 1. The summed E-state index contributed by atoms with van der Waals surface area (Å²) < 4.78 is 5.62. The third kappa shape index (κ3) is 9.78. The molecule has 1 saturated heterocycles. The SMILES string of the molecule is CCCCC(NC(=O)[C@@H]1[C@@H]2[C@H](CN1C(=O)[C@@H](NC(=O)N[C@H](C(=O)OC(C)(C)C)C(C)(C)C)C1CCCCC1)C2(C)C)C(=O)C(=O)NCC1CC1. The van der Waals surface area contributed by atoms with E-state index in [0.717, 1.165) is 51.4 Å². The quantitative estimate of drug-likeness (QED) is 0.156. The summed E-state index contributed by atoms with van der Waals surface area (Å²) in [4.78, 5) is 83.3. The molecule has 0 aromatic rings. The first-order valence-corrected chi connectivity index (χ1v) is 19.0. The molecule has 1 aliphatic heterocycles. The molecule has 12 nitrogen and oxygen atoms in total. The second kappa shape index (κ2) is 15.6. The monoisotopic (exact) mass is 701 g/mol. The van der Waals surface area contributed by atoms with Crippen LogP contribution in [0, 0.1) is 34.5 Å². The van der Waals surface area contributed by atoms with Gasteiger partial charge in [-0.2, -0.15) is 0 Å². The molecule has 0 radical (unpaired) electrons. The zero-order chi connectivity index (χ0) is 37.2. The van der Waals surface area contributed by atoms with Crippen LogP contribution in [0.3, 0.4) is 0 Å². The summed E-state index contributed by atoms with van der Waals surface area (Å²) in [5.74, 6) is -2.44. The molecule has 0 bridgehead atoms. The number of nitrogens with zero attached hydrogens (tertiary/aromatic N) is 1. The van der Waals surface area contributed by atoms with Gasteiger partial charge in [0.15, 0.2) is 0 Å². The molecule has 4 aliphatic rings. The summed E-state index contributed by atoms with van der Waals surface area (Å²) in [6, 6.07) is -4.35. The normalized spacial score (nSPS) is 25.0. The lowest BCUT2D eigenvalue weighted by Gasteiger charge is -2.38. The Balaban J connectivity index is 1.54. The minimum atomic E-state index is -0.986. The lowest BCUT2D eigenvalue weighted by Crippen LogP contribution is -2.62. The van der Waals surface area contributed by atoms with Crippen molar-refractivity contribution in [3.05, 3.63) is 0 Å². The van der Waals surface area contributed by atoms with E-state index < -0.39 is 64.8 Å². The van der Waals surface area contributed by atoms with E-state index in [1.54, 1.807) is 25.7 Å². The molecule has 1 heterocycles. The fourth-order valence-electron chi connectivity index (χ4n) is 7.88. The predicted octanol–water partition coefficient (Wildman–Crippen LogP) is 4.24. The molecule has 3 aliphatic carbocycles. The van der Waals surface area contributed by atoms with Gasteiger partial charge in [0, 0.05) is 13.1 Å². The number of nitrogens with one attached hydrogen (secondary N) is 4. The standard InChI is InChI=1S/C38H63N5O7/c1-10-11-17-25(29(44)32(46)39-20-22-18-19-22)40-31(45)28-26-24(38(26,8)9)21-43(28)33(47)27(23-15-13-12-14-16-23)41-35(49)42-30(36(2,3)4)34(48)50-37(5,6)7/h22-28,30H,10-21H2,1-9H3,(H,39,46)(H,40,45)(H2,41,42,49)/t24-,25?,26-,27-,28-,30+/m0/s1. The van der Waals surface area contributed by atoms with Crippen LogP contribution in [0.25, 0.3) is 0 Å². The van der Waals surface area contributed by atoms with Gasteiger partial charge in [0.2, 0.25) is 17.6 Å². The summed E-state index contributed by atoms with van der Waals surface area (Å²) in [7, 11) is 0. The number of ether oxygens (including phenoxy) is 1. The van der Waals surface area contributed by atoms with Crippen LogP contribution in [0.4, 0.5) is 4.79 Å². The molecule has 50 heavy (non-hydrogen) atoms.